The van der Waals surface area contributed by atoms with Gasteiger partial charge in [0.05, 0.1) is 6.20 Å². The Morgan fingerprint density at radius 3 is 2.91 bits per heavy atom. The zero-order valence-electron chi connectivity index (χ0n) is 6.73. The average molecular weight is 173 g/mol. The van der Waals surface area contributed by atoms with Gasteiger partial charge in [0.15, 0.2) is 0 Å². The summed E-state index contributed by atoms with van der Waals surface area (Å²) in [5.41, 5.74) is 0. The van der Waals surface area contributed by atoms with Crippen LogP contribution in [0.3, 0.4) is 0 Å². The first kappa shape index (κ1) is 8.60. The fourth-order valence-electron chi connectivity index (χ4n) is 1.01. The van der Waals surface area contributed by atoms with Gasteiger partial charge in [0.1, 0.15) is 11.0 Å². The molecule has 2 nitrogen and oxygen atoms in total. The minimum atomic E-state index is 0.636. The number of H-pyrrole nitrogens is 1. The Morgan fingerprint density at radius 1 is 1.55 bits per heavy atom. The Bertz CT molecular complexity index is 208. The van der Waals surface area contributed by atoms with E-state index in [0.717, 1.165) is 12.2 Å². The molecular formula is C8H13ClN2. The van der Waals surface area contributed by atoms with Crippen LogP contribution in [0, 0.1) is 0 Å². The molecule has 1 rings (SSSR count). The van der Waals surface area contributed by atoms with E-state index < -0.39 is 0 Å². The summed E-state index contributed by atoms with van der Waals surface area (Å²) in [6, 6.07) is 0. The van der Waals surface area contributed by atoms with Gasteiger partial charge in [0, 0.05) is 6.42 Å². The molecule has 0 saturated heterocycles. The molecule has 0 aromatic carbocycles. The van der Waals surface area contributed by atoms with E-state index in [1.54, 1.807) is 6.20 Å². The summed E-state index contributed by atoms with van der Waals surface area (Å²) in [6.45, 7) is 2.19. The normalized spacial score (nSPS) is 10.4. The predicted octanol–water partition coefficient (Wildman–Crippen LogP) is 2.80. The molecule has 1 aromatic heterocycles. The quantitative estimate of drug-likeness (QED) is 0.696. The van der Waals surface area contributed by atoms with Gasteiger partial charge < -0.3 is 4.98 Å². The second-order valence-electron chi connectivity index (χ2n) is 2.63. The summed E-state index contributed by atoms with van der Waals surface area (Å²) in [4.78, 5) is 7.09. The fraction of sp³-hybridized carbons (Fsp3) is 0.625. The Morgan fingerprint density at radius 2 is 2.36 bits per heavy atom. The first-order valence-electron chi connectivity index (χ1n) is 4.02. The lowest BCUT2D eigenvalue weighted by Gasteiger charge is -1.93. The van der Waals surface area contributed by atoms with Crippen LogP contribution in [0.15, 0.2) is 6.20 Å². The molecular weight excluding hydrogens is 160 g/mol. The second-order valence-corrected chi connectivity index (χ2v) is 3.04. The first-order chi connectivity index (χ1) is 5.33. The third-order valence-corrected chi connectivity index (χ3v) is 1.81. The fourth-order valence-corrected chi connectivity index (χ4v) is 1.16. The van der Waals surface area contributed by atoms with Crippen LogP contribution >= 0.6 is 11.6 Å². The van der Waals surface area contributed by atoms with E-state index in [0.29, 0.717) is 5.15 Å². The molecule has 1 heterocycles. The molecule has 0 unspecified atom stereocenters. The minimum absolute atomic E-state index is 0.636. The number of halogens is 1. The highest BCUT2D eigenvalue weighted by atomic mass is 35.5. The van der Waals surface area contributed by atoms with E-state index in [9.17, 15) is 0 Å². The lowest BCUT2D eigenvalue weighted by atomic mass is 10.2. The third kappa shape index (κ3) is 2.93. The number of imidazole rings is 1. The van der Waals surface area contributed by atoms with Crippen LogP contribution in [0.2, 0.25) is 5.15 Å². The summed E-state index contributed by atoms with van der Waals surface area (Å²) >= 11 is 5.66. The van der Waals surface area contributed by atoms with Gasteiger partial charge in [-0.3, -0.25) is 0 Å². The summed E-state index contributed by atoms with van der Waals surface area (Å²) in [5, 5.41) is 0.636. The maximum Gasteiger partial charge on any atom is 0.126 e. The van der Waals surface area contributed by atoms with Crippen molar-refractivity contribution in [2.24, 2.45) is 0 Å². The smallest absolute Gasteiger partial charge is 0.126 e. The van der Waals surface area contributed by atoms with Crippen molar-refractivity contribution in [1.29, 1.82) is 0 Å². The number of hydrogen-bond donors (Lipinski definition) is 1. The second kappa shape index (κ2) is 4.39. The number of aromatic nitrogens is 2. The molecule has 1 N–H and O–H groups in total. The lowest BCUT2D eigenvalue weighted by molar-refractivity contribution is 0.699. The zero-order valence-corrected chi connectivity index (χ0v) is 7.49. The minimum Gasteiger partial charge on any atom is -0.333 e. The van der Waals surface area contributed by atoms with Crippen molar-refractivity contribution in [3.63, 3.8) is 0 Å². The van der Waals surface area contributed by atoms with E-state index in [2.05, 4.69) is 16.9 Å². The van der Waals surface area contributed by atoms with Crippen LogP contribution in [0.1, 0.15) is 32.0 Å². The monoisotopic (exact) mass is 172 g/mol. The molecule has 0 atom stereocenters. The van der Waals surface area contributed by atoms with E-state index in [1.807, 2.05) is 0 Å². The van der Waals surface area contributed by atoms with Crippen molar-refractivity contribution < 1.29 is 0 Å². The van der Waals surface area contributed by atoms with Crippen LogP contribution < -0.4 is 0 Å². The SMILES string of the molecule is CCCCCc1ncc(Cl)[nH]1. The molecule has 11 heavy (non-hydrogen) atoms. The Balaban J connectivity index is 2.27. The predicted molar refractivity (Wildman–Crippen MR) is 46.8 cm³/mol. The van der Waals surface area contributed by atoms with Gasteiger partial charge in [0.2, 0.25) is 0 Å². The van der Waals surface area contributed by atoms with Crippen molar-refractivity contribution in [3.8, 4) is 0 Å². The standard InChI is InChI=1S/C8H13ClN2/c1-2-3-4-5-8-10-6-7(9)11-8/h6H,2-5H2,1H3,(H,10,11). The number of nitrogens with one attached hydrogen (secondary N) is 1. The highest BCUT2D eigenvalue weighted by Gasteiger charge is 1.96. The van der Waals surface area contributed by atoms with Crippen LogP contribution in [0.4, 0.5) is 0 Å². The van der Waals surface area contributed by atoms with Crippen LogP contribution in [-0.4, -0.2) is 9.97 Å². The van der Waals surface area contributed by atoms with Crippen LogP contribution in [-0.2, 0) is 6.42 Å². The van der Waals surface area contributed by atoms with E-state index in [1.165, 1.54) is 19.3 Å². The highest BCUT2D eigenvalue weighted by Crippen LogP contribution is 2.06. The van der Waals surface area contributed by atoms with Gasteiger partial charge in [-0.25, -0.2) is 4.98 Å². The Hall–Kier alpha value is -0.500. The third-order valence-electron chi connectivity index (χ3n) is 1.61. The van der Waals surface area contributed by atoms with Gasteiger partial charge in [0.25, 0.3) is 0 Å². The number of nitrogens with zero attached hydrogens (tertiary/aromatic N) is 1. The van der Waals surface area contributed by atoms with Gasteiger partial charge in [-0.1, -0.05) is 31.4 Å². The number of unbranched alkanes of at least 4 members (excludes halogenated alkanes) is 2. The van der Waals surface area contributed by atoms with Crippen LogP contribution in [0.5, 0.6) is 0 Å². The maximum absolute atomic E-state index is 5.66. The number of aromatic amines is 1. The van der Waals surface area contributed by atoms with Gasteiger partial charge in [-0.2, -0.15) is 0 Å². The number of hydrogen-bond acceptors (Lipinski definition) is 1. The molecule has 0 radical (unpaired) electrons. The van der Waals surface area contributed by atoms with E-state index in [4.69, 9.17) is 11.6 Å². The summed E-state index contributed by atoms with van der Waals surface area (Å²) in [7, 11) is 0. The van der Waals surface area contributed by atoms with Crippen molar-refractivity contribution in [2.75, 3.05) is 0 Å². The molecule has 62 valence electrons. The molecule has 0 amide bonds. The molecule has 0 fully saturated rings. The van der Waals surface area contributed by atoms with Crippen LogP contribution in [0.25, 0.3) is 0 Å². The summed E-state index contributed by atoms with van der Waals surface area (Å²) in [6.07, 6.45) is 6.37. The topological polar surface area (TPSA) is 28.7 Å². The Kier molecular flexibility index (Phi) is 3.43. The summed E-state index contributed by atoms with van der Waals surface area (Å²) < 4.78 is 0. The van der Waals surface area contributed by atoms with Crippen molar-refractivity contribution >= 4 is 11.6 Å². The molecule has 0 aliphatic carbocycles. The summed E-state index contributed by atoms with van der Waals surface area (Å²) in [5.74, 6) is 1.00. The van der Waals surface area contributed by atoms with E-state index >= 15 is 0 Å². The van der Waals surface area contributed by atoms with Gasteiger partial charge in [-0.15, -0.1) is 0 Å². The molecule has 1 aromatic rings. The molecule has 0 aliphatic rings. The van der Waals surface area contributed by atoms with E-state index in [-0.39, 0.29) is 0 Å². The zero-order chi connectivity index (χ0) is 8.10. The number of rotatable bonds is 4. The first-order valence-corrected chi connectivity index (χ1v) is 4.40. The maximum atomic E-state index is 5.66. The molecule has 0 bridgehead atoms. The molecule has 0 spiro atoms. The van der Waals surface area contributed by atoms with Gasteiger partial charge in [-0.05, 0) is 6.42 Å². The number of aryl methyl sites for hydroxylation is 1. The highest BCUT2D eigenvalue weighted by molar-refractivity contribution is 6.29. The van der Waals surface area contributed by atoms with Crippen molar-refractivity contribution in [1.82, 2.24) is 9.97 Å². The lowest BCUT2D eigenvalue weighted by Crippen LogP contribution is -1.87. The largest absolute Gasteiger partial charge is 0.333 e. The average Bonchev–Trinajstić information content (AvgIpc) is 2.37. The van der Waals surface area contributed by atoms with Crippen molar-refractivity contribution in [3.05, 3.63) is 17.2 Å². The molecule has 3 heteroatoms. The Labute approximate surface area is 72.0 Å². The van der Waals surface area contributed by atoms with Gasteiger partial charge >= 0.3 is 0 Å². The van der Waals surface area contributed by atoms with Crippen molar-refractivity contribution in [2.45, 2.75) is 32.6 Å². The molecule has 0 aliphatic heterocycles. The molecule has 0 saturated carbocycles.